The summed E-state index contributed by atoms with van der Waals surface area (Å²) in [6, 6.07) is 29.2. The average Bonchev–Trinajstić information content (AvgIpc) is 2.81. The number of benzene rings is 3. The third-order valence-corrected chi connectivity index (χ3v) is 5.55. The van der Waals surface area contributed by atoms with Gasteiger partial charge in [0, 0.05) is 19.5 Å². The molecular formula is C26H27N3O2S. The lowest BCUT2D eigenvalue weighted by molar-refractivity contribution is -0.120. The number of nitrogens with zero attached hydrogens (tertiary/aromatic N) is 1. The molecule has 6 heteroatoms. The van der Waals surface area contributed by atoms with Crippen LogP contribution in [0.4, 0.5) is 0 Å². The zero-order valence-corrected chi connectivity index (χ0v) is 18.6. The minimum atomic E-state index is -0.498. The van der Waals surface area contributed by atoms with Gasteiger partial charge in [-0.15, -0.1) is 0 Å². The molecule has 0 fully saturated rings. The lowest BCUT2D eigenvalue weighted by Gasteiger charge is -2.27. The highest BCUT2D eigenvalue weighted by Gasteiger charge is 2.24. The smallest absolute Gasteiger partial charge is 0.238 e. The molecule has 3 N–H and O–H groups in total. The minimum absolute atomic E-state index is 0.158. The number of hydrogen-bond acceptors (Lipinski definition) is 3. The molecule has 2 amide bonds. The van der Waals surface area contributed by atoms with E-state index in [0.717, 1.165) is 23.1 Å². The van der Waals surface area contributed by atoms with Gasteiger partial charge in [0.25, 0.3) is 0 Å². The van der Waals surface area contributed by atoms with Crippen molar-refractivity contribution in [1.82, 2.24) is 10.2 Å². The van der Waals surface area contributed by atoms with Crippen molar-refractivity contribution in [2.24, 2.45) is 5.73 Å². The maximum atomic E-state index is 13.4. The van der Waals surface area contributed by atoms with Crippen molar-refractivity contribution in [3.05, 3.63) is 108 Å². The van der Waals surface area contributed by atoms with E-state index in [9.17, 15) is 9.59 Å². The van der Waals surface area contributed by atoms with Crippen molar-refractivity contribution in [3.63, 3.8) is 0 Å². The lowest BCUT2D eigenvalue weighted by atomic mass is 9.90. The van der Waals surface area contributed by atoms with Crippen molar-refractivity contribution >= 4 is 29.1 Å². The summed E-state index contributed by atoms with van der Waals surface area (Å²) in [4.78, 5) is 26.6. The van der Waals surface area contributed by atoms with Gasteiger partial charge in [0.2, 0.25) is 11.8 Å². The lowest BCUT2D eigenvalue weighted by Crippen LogP contribution is -2.46. The van der Waals surface area contributed by atoms with E-state index in [0.29, 0.717) is 18.2 Å². The van der Waals surface area contributed by atoms with Crippen molar-refractivity contribution in [3.8, 4) is 0 Å². The van der Waals surface area contributed by atoms with E-state index in [1.807, 2.05) is 95.9 Å². The molecule has 5 nitrogen and oxygen atoms in total. The summed E-state index contributed by atoms with van der Waals surface area (Å²) < 4.78 is 0. The SMILES string of the molecule is NC(=O)CCN(CCc1ccccc1)C(=S)NC(=O)C(c1ccccc1)c1ccccc1. The Morgan fingerprint density at radius 2 is 1.31 bits per heavy atom. The number of primary amides is 1. The second-order valence-electron chi connectivity index (χ2n) is 7.49. The number of carbonyl (C=O) groups is 2. The Morgan fingerprint density at radius 3 is 1.81 bits per heavy atom. The molecule has 0 heterocycles. The zero-order valence-electron chi connectivity index (χ0n) is 17.8. The van der Waals surface area contributed by atoms with E-state index in [1.54, 1.807) is 0 Å². The van der Waals surface area contributed by atoms with E-state index in [2.05, 4.69) is 5.32 Å². The number of nitrogens with two attached hydrogens (primary N) is 1. The molecule has 0 saturated carbocycles. The van der Waals surface area contributed by atoms with Crippen LogP contribution in [0, 0.1) is 0 Å². The largest absolute Gasteiger partial charge is 0.370 e. The highest BCUT2D eigenvalue weighted by atomic mass is 32.1. The van der Waals surface area contributed by atoms with Crippen molar-refractivity contribution in [2.75, 3.05) is 13.1 Å². The molecule has 32 heavy (non-hydrogen) atoms. The maximum Gasteiger partial charge on any atom is 0.238 e. The van der Waals surface area contributed by atoms with E-state index in [4.69, 9.17) is 18.0 Å². The van der Waals surface area contributed by atoms with Crippen LogP contribution in [-0.4, -0.2) is 34.9 Å². The number of thiocarbonyl (C=S) groups is 1. The molecule has 3 aromatic rings. The third kappa shape index (κ3) is 6.75. The molecule has 3 rings (SSSR count). The molecule has 0 aliphatic heterocycles. The van der Waals surface area contributed by atoms with Gasteiger partial charge in [-0.1, -0.05) is 91.0 Å². The summed E-state index contributed by atoms with van der Waals surface area (Å²) >= 11 is 5.58. The topological polar surface area (TPSA) is 75.4 Å². The van der Waals surface area contributed by atoms with Gasteiger partial charge in [0.1, 0.15) is 0 Å². The molecule has 0 aromatic heterocycles. The van der Waals surface area contributed by atoms with Gasteiger partial charge in [0.15, 0.2) is 5.11 Å². The van der Waals surface area contributed by atoms with Crippen LogP contribution in [-0.2, 0) is 16.0 Å². The predicted octanol–water partition coefficient (Wildman–Crippen LogP) is 3.64. The van der Waals surface area contributed by atoms with Crippen molar-refractivity contribution < 1.29 is 9.59 Å². The Hall–Kier alpha value is -3.51. The van der Waals surface area contributed by atoms with Gasteiger partial charge in [-0.05, 0) is 35.3 Å². The Balaban J connectivity index is 1.76. The number of amides is 2. The van der Waals surface area contributed by atoms with Crippen molar-refractivity contribution in [2.45, 2.75) is 18.8 Å². The Kier molecular flexibility index (Phi) is 8.52. The van der Waals surface area contributed by atoms with Gasteiger partial charge in [-0.2, -0.15) is 0 Å². The second-order valence-corrected chi connectivity index (χ2v) is 7.87. The van der Waals surface area contributed by atoms with Crippen LogP contribution in [0.1, 0.15) is 29.0 Å². The Morgan fingerprint density at radius 1 is 0.812 bits per heavy atom. The van der Waals surface area contributed by atoms with E-state index < -0.39 is 11.8 Å². The standard InChI is InChI=1S/C26H27N3O2S/c27-23(30)17-19-29(18-16-20-10-4-1-5-11-20)26(32)28-25(31)24(21-12-6-2-7-13-21)22-14-8-3-9-15-22/h1-15,24H,16-19H2,(H2,27,30)(H,28,31,32). The van der Waals surface area contributed by atoms with Crippen LogP contribution in [0.2, 0.25) is 0 Å². The second kappa shape index (κ2) is 11.8. The number of carbonyl (C=O) groups excluding carboxylic acids is 2. The quantitative estimate of drug-likeness (QED) is 0.493. The summed E-state index contributed by atoms with van der Waals surface area (Å²) in [6.07, 6.45) is 0.891. The van der Waals surface area contributed by atoms with Crippen molar-refractivity contribution in [1.29, 1.82) is 0 Å². The molecule has 0 aliphatic rings. The molecule has 0 spiro atoms. The van der Waals surface area contributed by atoms with Crippen LogP contribution < -0.4 is 11.1 Å². The monoisotopic (exact) mass is 445 g/mol. The summed E-state index contributed by atoms with van der Waals surface area (Å²) in [5, 5.41) is 3.20. The summed E-state index contributed by atoms with van der Waals surface area (Å²) in [6.45, 7) is 0.917. The Bertz CT molecular complexity index is 987. The highest BCUT2D eigenvalue weighted by molar-refractivity contribution is 7.80. The van der Waals surface area contributed by atoms with Crippen LogP contribution >= 0.6 is 12.2 Å². The van der Waals surface area contributed by atoms with E-state index in [-0.39, 0.29) is 12.3 Å². The van der Waals surface area contributed by atoms with Gasteiger partial charge >= 0.3 is 0 Å². The number of hydrogen-bond donors (Lipinski definition) is 2. The van der Waals surface area contributed by atoms with Crippen LogP contribution in [0.15, 0.2) is 91.0 Å². The maximum absolute atomic E-state index is 13.4. The predicted molar refractivity (Wildman–Crippen MR) is 131 cm³/mol. The van der Waals surface area contributed by atoms with Gasteiger partial charge in [0.05, 0.1) is 5.92 Å². The fourth-order valence-electron chi connectivity index (χ4n) is 3.51. The normalized spacial score (nSPS) is 10.5. The number of rotatable bonds is 9. The molecule has 0 radical (unpaired) electrons. The van der Waals surface area contributed by atoms with Crippen LogP contribution in [0.3, 0.4) is 0 Å². The first-order chi connectivity index (χ1) is 15.5. The first-order valence-electron chi connectivity index (χ1n) is 10.6. The molecule has 0 aliphatic carbocycles. The fraction of sp³-hybridized carbons (Fsp3) is 0.192. The summed E-state index contributed by atoms with van der Waals surface area (Å²) in [5.74, 6) is -1.12. The van der Waals surface area contributed by atoms with Gasteiger partial charge in [-0.25, -0.2) is 0 Å². The molecule has 3 aromatic carbocycles. The highest BCUT2D eigenvalue weighted by Crippen LogP contribution is 2.24. The average molecular weight is 446 g/mol. The first kappa shape index (κ1) is 23.2. The summed E-state index contributed by atoms with van der Waals surface area (Å²) in [5.41, 5.74) is 8.27. The zero-order chi connectivity index (χ0) is 22.8. The number of nitrogens with one attached hydrogen (secondary N) is 1. The fourth-order valence-corrected chi connectivity index (χ4v) is 3.79. The summed E-state index contributed by atoms with van der Waals surface area (Å²) in [7, 11) is 0. The van der Waals surface area contributed by atoms with Gasteiger partial charge in [-0.3, -0.25) is 9.59 Å². The molecule has 0 atom stereocenters. The molecule has 164 valence electrons. The van der Waals surface area contributed by atoms with E-state index >= 15 is 0 Å². The van der Waals surface area contributed by atoms with E-state index in [1.165, 1.54) is 0 Å². The Labute approximate surface area is 194 Å². The molecule has 0 unspecified atom stereocenters. The first-order valence-corrected chi connectivity index (χ1v) is 11.0. The van der Waals surface area contributed by atoms with Crippen LogP contribution in [0.25, 0.3) is 0 Å². The van der Waals surface area contributed by atoms with Crippen LogP contribution in [0.5, 0.6) is 0 Å². The minimum Gasteiger partial charge on any atom is -0.370 e. The molecule has 0 saturated heterocycles. The molecular weight excluding hydrogens is 418 g/mol. The van der Waals surface area contributed by atoms with Gasteiger partial charge < -0.3 is 16.0 Å². The molecule has 0 bridgehead atoms. The third-order valence-electron chi connectivity index (χ3n) is 5.19.